The highest BCUT2D eigenvalue weighted by Gasteiger charge is 2.46. The van der Waals surface area contributed by atoms with Gasteiger partial charge in [-0.3, -0.25) is 10.2 Å². The molecule has 3 rings (SSSR count). The van der Waals surface area contributed by atoms with Crippen LogP contribution in [0.3, 0.4) is 0 Å². The first kappa shape index (κ1) is 18.1. The first-order valence-electron chi connectivity index (χ1n) is 7.66. The second kappa shape index (κ2) is 7.24. The van der Waals surface area contributed by atoms with Crippen molar-refractivity contribution in [3.8, 4) is 0 Å². The zero-order valence-corrected chi connectivity index (χ0v) is 15.1. The van der Waals surface area contributed by atoms with Crippen molar-refractivity contribution in [1.82, 2.24) is 10.9 Å². The van der Waals surface area contributed by atoms with Gasteiger partial charge in [0.05, 0.1) is 5.71 Å². The first-order valence-corrected chi connectivity index (χ1v) is 8.46. The minimum atomic E-state index is -1.82. The Balaban J connectivity index is 2.00. The van der Waals surface area contributed by atoms with Gasteiger partial charge < -0.3 is 10.4 Å². The van der Waals surface area contributed by atoms with Gasteiger partial charge in [0, 0.05) is 22.1 Å². The van der Waals surface area contributed by atoms with Crippen molar-refractivity contribution >= 4 is 39.3 Å². The molecule has 134 valence electrons. The molecule has 0 saturated heterocycles. The molecule has 26 heavy (non-hydrogen) atoms. The van der Waals surface area contributed by atoms with Crippen molar-refractivity contribution in [2.45, 2.75) is 12.0 Å². The van der Waals surface area contributed by atoms with Gasteiger partial charge in [-0.25, -0.2) is 16.1 Å². The first-order chi connectivity index (χ1) is 12.4. The maximum absolute atomic E-state index is 12.5. The summed E-state index contributed by atoms with van der Waals surface area (Å²) in [6.45, 7) is 0. The van der Waals surface area contributed by atoms with E-state index < -0.39 is 17.5 Å². The highest BCUT2D eigenvalue weighted by atomic mass is 79.9. The number of benzene rings is 2. The molecule has 0 bridgehead atoms. The molecule has 0 spiro atoms. The van der Waals surface area contributed by atoms with Gasteiger partial charge >= 0.3 is 6.03 Å². The minimum absolute atomic E-state index is 0.142. The monoisotopic (exact) mass is 417 g/mol. The molecule has 1 aliphatic heterocycles. The van der Waals surface area contributed by atoms with Crippen LogP contribution in [0.4, 0.5) is 10.5 Å². The summed E-state index contributed by atoms with van der Waals surface area (Å²) in [5, 5.41) is 17.8. The summed E-state index contributed by atoms with van der Waals surface area (Å²) in [5.74, 6) is 4.48. The fraction of sp³-hybridized carbons (Fsp3) is 0.118. The Hall–Kier alpha value is -2.75. The minimum Gasteiger partial charge on any atom is -0.375 e. The third-order valence-corrected chi connectivity index (χ3v) is 4.50. The molecule has 8 nitrogen and oxygen atoms in total. The summed E-state index contributed by atoms with van der Waals surface area (Å²) in [4.78, 5) is 23.8. The number of hydrazine groups is 1. The number of nitrogens with one attached hydrogen (secondary N) is 3. The van der Waals surface area contributed by atoms with Crippen LogP contribution in [0.5, 0.6) is 0 Å². The predicted octanol–water partition coefficient (Wildman–Crippen LogP) is 1.56. The lowest BCUT2D eigenvalue weighted by atomic mass is 9.87. The number of nitrogens with zero attached hydrogens (tertiary/aromatic N) is 1. The number of nitrogens with two attached hydrogens (primary N) is 1. The van der Waals surface area contributed by atoms with Gasteiger partial charge in [-0.15, -0.1) is 0 Å². The summed E-state index contributed by atoms with van der Waals surface area (Å²) < 4.78 is 0.727. The van der Waals surface area contributed by atoms with Crippen molar-refractivity contribution in [3.63, 3.8) is 0 Å². The largest absolute Gasteiger partial charge is 0.375 e. The second-order valence-electron chi connectivity index (χ2n) is 5.69. The standard InChI is InChI=1S/C17H16BrN5O3/c18-11-6-7-13-12(8-11)17(26,15(24)20-13)9-14(22-23-16(25)21-19)10-4-2-1-3-5-10/h1-8,26H,9,19H2,(H,20,24)(H2,21,23,25)/b22-14-/t17-/m0/s1. The molecule has 0 unspecified atom stereocenters. The van der Waals surface area contributed by atoms with Crippen molar-refractivity contribution in [2.75, 3.05) is 5.32 Å². The van der Waals surface area contributed by atoms with Gasteiger partial charge in [0.2, 0.25) is 0 Å². The molecule has 3 amide bonds. The molecule has 0 aromatic heterocycles. The van der Waals surface area contributed by atoms with Gasteiger partial charge in [-0.1, -0.05) is 46.3 Å². The maximum Gasteiger partial charge on any atom is 0.349 e. The van der Waals surface area contributed by atoms with Crippen LogP contribution in [-0.4, -0.2) is 22.8 Å². The van der Waals surface area contributed by atoms with Crippen LogP contribution in [0, 0.1) is 0 Å². The number of fused-ring (bicyclic) bond motifs is 1. The Morgan fingerprint density at radius 3 is 2.69 bits per heavy atom. The predicted molar refractivity (Wildman–Crippen MR) is 100 cm³/mol. The number of hydrogen-bond acceptors (Lipinski definition) is 5. The molecular weight excluding hydrogens is 402 g/mol. The number of aliphatic hydroxyl groups is 1. The van der Waals surface area contributed by atoms with Crippen molar-refractivity contribution in [1.29, 1.82) is 0 Å². The van der Waals surface area contributed by atoms with E-state index in [4.69, 9.17) is 5.84 Å². The van der Waals surface area contributed by atoms with Gasteiger partial charge in [-0.05, 0) is 23.8 Å². The Kier molecular flexibility index (Phi) is 5.03. The Bertz CT molecular complexity index is 887. The molecule has 0 radical (unpaired) electrons. The second-order valence-corrected chi connectivity index (χ2v) is 6.61. The molecule has 1 atom stereocenters. The van der Waals surface area contributed by atoms with E-state index in [-0.39, 0.29) is 6.42 Å². The quantitative estimate of drug-likeness (QED) is 0.223. The summed E-state index contributed by atoms with van der Waals surface area (Å²) in [5.41, 5.74) is 4.24. The van der Waals surface area contributed by atoms with E-state index in [9.17, 15) is 14.7 Å². The van der Waals surface area contributed by atoms with E-state index in [1.807, 2.05) is 11.5 Å². The number of rotatable bonds is 4. The van der Waals surface area contributed by atoms with Crippen LogP contribution in [0.1, 0.15) is 17.5 Å². The normalized spacial score (nSPS) is 18.9. The highest BCUT2D eigenvalue weighted by molar-refractivity contribution is 9.10. The molecule has 6 N–H and O–H groups in total. The number of carbonyl (C=O) groups excluding carboxylic acids is 2. The van der Waals surface area contributed by atoms with Crippen molar-refractivity contribution < 1.29 is 14.7 Å². The van der Waals surface area contributed by atoms with E-state index in [1.54, 1.807) is 42.5 Å². The number of anilines is 1. The van der Waals surface area contributed by atoms with Crippen LogP contribution in [0.25, 0.3) is 0 Å². The average Bonchev–Trinajstić information content (AvgIpc) is 2.89. The third kappa shape index (κ3) is 3.45. The molecule has 9 heteroatoms. The zero-order chi connectivity index (χ0) is 18.7. The van der Waals surface area contributed by atoms with Crippen molar-refractivity contribution in [3.05, 3.63) is 64.1 Å². The van der Waals surface area contributed by atoms with Crippen LogP contribution in [0.15, 0.2) is 58.1 Å². The number of urea groups is 1. The summed E-state index contributed by atoms with van der Waals surface area (Å²) in [6.07, 6.45) is -0.142. The van der Waals surface area contributed by atoms with Crippen LogP contribution < -0.4 is 22.0 Å². The van der Waals surface area contributed by atoms with Crippen LogP contribution >= 0.6 is 15.9 Å². The van der Waals surface area contributed by atoms with E-state index in [1.165, 1.54) is 0 Å². The van der Waals surface area contributed by atoms with Gasteiger partial charge in [0.25, 0.3) is 5.91 Å². The lowest BCUT2D eigenvalue weighted by molar-refractivity contribution is -0.132. The smallest absolute Gasteiger partial charge is 0.349 e. The molecule has 1 heterocycles. The third-order valence-electron chi connectivity index (χ3n) is 4.00. The van der Waals surface area contributed by atoms with E-state index in [0.717, 1.165) is 4.47 Å². The molecule has 0 fully saturated rings. The summed E-state index contributed by atoms with van der Waals surface area (Å²) in [7, 11) is 0. The number of carbonyl (C=O) groups is 2. The van der Waals surface area contributed by atoms with E-state index >= 15 is 0 Å². The molecule has 0 saturated carbocycles. The molecule has 2 aromatic rings. The van der Waals surface area contributed by atoms with Crippen LogP contribution in [0.2, 0.25) is 0 Å². The average molecular weight is 418 g/mol. The Morgan fingerprint density at radius 2 is 2.00 bits per heavy atom. The number of halogens is 1. The Labute approximate surface area is 157 Å². The SMILES string of the molecule is NNC(=O)N/N=C(/C[C@@]1(O)C(=O)Nc2ccc(Br)cc21)c1ccccc1. The maximum atomic E-state index is 12.5. The molecule has 2 aromatic carbocycles. The fourth-order valence-electron chi connectivity index (χ4n) is 2.72. The number of amides is 3. The summed E-state index contributed by atoms with van der Waals surface area (Å²) >= 11 is 3.35. The highest BCUT2D eigenvalue weighted by Crippen LogP contribution is 2.40. The number of hydrazone groups is 1. The lowest BCUT2D eigenvalue weighted by Crippen LogP contribution is -2.40. The van der Waals surface area contributed by atoms with Gasteiger partial charge in [0.15, 0.2) is 5.60 Å². The zero-order valence-electron chi connectivity index (χ0n) is 13.5. The van der Waals surface area contributed by atoms with Crippen molar-refractivity contribution in [2.24, 2.45) is 10.9 Å². The topological polar surface area (TPSA) is 129 Å². The van der Waals surface area contributed by atoms with E-state index in [2.05, 4.69) is 31.8 Å². The van der Waals surface area contributed by atoms with E-state index in [0.29, 0.717) is 22.5 Å². The van der Waals surface area contributed by atoms with Crippen LogP contribution in [-0.2, 0) is 10.4 Å². The fourth-order valence-corrected chi connectivity index (χ4v) is 3.08. The lowest BCUT2D eigenvalue weighted by Gasteiger charge is -2.22. The number of hydrogen-bond donors (Lipinski definition) is 5. The molecular formula is C17H16BrN5O3. The summed E-state index contributed by atoms with van der Waals surface area (Å²) in [6, 6.07) is 13.4. The molecule has 1 aliphatic rings. The Morgan fingerprint density at radius 1 is 1.27 bits per heavy atom. The van der Waals surface area contributed by atoms with Gasteiger partial charge in [-0.2, -0.15) is 5.10 Å². The van der Waals surface area contributed by atoms with Gasteiger partial charge in [0.1, 0.15) is 0 Å². The molecule has 0 aliphatic carbocycles.